The molecule has 31 heavy (non-hydrogen) atoms. The average Bonchev–Trinajstić information content (AvgIpc) is 3.38. The zero-order chi connectivity index (χ0) is 22.1. The molecule has 1 aromatic carbocycles. The highest BCUT2D eigenvalue weighted by molar-refractivity contribution is 6.18. The maximum absolute atomic E-state index is 10.2. The first-order valence-electron chi connectivity index (χ1n) is 10.6. The number of aromatic amines is 2. The number of nitrogens with one attached hydrogen (secondary N) is 3. The van der Waals surface area contributed by atoms with Gasteiger partial charge in [0.25, 0.3) is 0 Å². The van der Waals surface area contributed by atoms with Crippen LogP contribution in [-0.4, -0.2) is 40.5 Å². The molecule has 0 bridgehead atoms. The Morgan fingerprint density at radius 2 is 1.97 bits per heavy atom. The number of aliphatic hydroxyl groups is 1. The third-order valence-electron chi connectivity index (χ3n) is 5.60. The van der Waals surface area contributed by atoms with Crippen molar-refractivity contribution in [3.05, 3.63) is 75.6 Å². The Morgan fingerprint density at radius 3 is 2.61 bits per heavy atom. The smallest absolute Gasteiger partial charge is 0.152 e. The van der Waals surface area contributed by atoms with E-state index >= 15 is 0 Å². The summed E-state index contributed by atoms with van der Waals surface area (Å²) in [6.45, 7) is 8.89. The van der Waals surface area contributed by atoms with Gasteiger partial charge in [0.15, 0.2) is 5.76 Å². The van der Waals surface area contributed by atoms with Crippen LogP contribution in [0.25, 0.3) is 17.0 Å². The molecule has 0 aliphatic carbocycles. The minimum absolute atomic E-state index is 0.158. The fourth-order valence-electron chi connectivity index (χ4n) is 4.11. The van der Waals surface area contributed by atoms with E-state index in [1.807, 2.05) is 25.1 Å². The number of aromatic nitrogens is 2. The van der Waals surface area contributed by atoms with Crippen molar-refractivity contribution in [1.29, 1.82) is 0 Å². The molecule has 162 valence electrons. The summed E-state index contributed by atoms with van der Waals surface area (Å²) in [7, 11) is 1.62. The number of aliphatic hydroxyl groups excluding tert-OH is 1. The maximum Gasteiger partial charge on any atom is 0.152 e. The summed E-state index contributed by atoms with van der Waals surface area (Å²) in [4.78, 5) is 11.8. The van der Waals surface area contributed by atoms with E-state index in [1.165, 1.54) is 0 Å². The van der Waals surface area contributed by atoms with Gasteiger partial charge >= 0.3 is 0 Å². The van der Waals surface area contributed by atoms with E-state index < -0.39 is 0 Å². The van der Waals surface area contributed by atoms with Crippen LogP contribution >= 0.6 is 0 Å². The standard InChI is InChI=1S/C25H30N4O2/c1-14(2)26-12-18-17-8-6-7-9-20(17)28-23(18)24-19(13-30)25(31-5)22(29-24)11-21-15(3)10-16(4)27-21/h6-11,14,26-28,30H,12-13H2,1-5H3. The SMILES string of the molecule is COC1=C(CO)C(c2[nH]c3ccccc3c2CNC(C)C)=NC1=Cc1[nH]c(C)cc1C. The van der Waals surface area contributed by atoms with Crippen molar-refractivity contribution in [2.75, 3.05) is 13.7 Å². The van der Waals surface area contributed by atoms with Gasteiger partial charge in [-0.3, -0.25) is 0 Å². The summed E-state index contributed by atoms with van der Waals surface area (Å²) in [5, 5.41) is 14.9. The summed E-state index contributed by atoms with van der Waals surface area (Å²) in [5.41, 5.74) is 8.43. The second kappa shape index (κ2) is 8.57. The Hall–Kier alpha value is -3.09. The molecule has 0 unspecified atom stereocenters. The highest BCUT2D eigenvalue weighted by Gasteiger charge is 2.29. The molecular formula is C25H30N4O2. The number of aliphatic imine (C=N–C) groups is 1. The summed E-state index contributed by atoms with van der Waals surface area (Å²) in [5.74, 6) is 0.602. The molecule has 0 spiro atoms. The molecule has 0 fully saturated rings. The topological polar surface area (TPSA) is 85.4 Å². The van der Waals surface area contributed by atoms with Crippen LogP contribution < -0.4 is 5.32 Å². The highest BCUT2D eigenvalue weighted by Crippen LogP contribution is 2.33. The lowest BCUT2D eigenvalue weighted by Crippen LogP contribution is -2.23. The fourth-order valence-corrected chi connectivity index (χ4v) is 4.11. The van der Waals surface area contributed by atoms with Crippen molar-refractivity contribution >= 4 is 22.7 Å². The molecule has 3 heterocycles. The van der Waals surface area contributed by atoms with Gasteiger partial charge in [0.1, 0.15) is 5.70 Å². The molecule has 0 amide bonds. The third-order valence-corrected chi connectivity index (χ3v) is 5.60. The average molecular weight is 419 g/mol. The van der Waals surface area contributed by atoms with Crippen LogP contribution in [0.15, 0.2) is 52.4 Å². The second-order valence-corrected chi connectivity index (χ2v) is 8.27. The summed E-state index contributed by atoms with van der Waals surface area (Å²) < 4.78 is 5.70. The number of methoxy groups -OCH3 is 1. The molecule has 1 aliphatic rings. The number of fused-ring (bicyclic) bond motifs is 1. The maximum atomic E-state index is 10.2. The Bertz CT molecular complexity index is 1210. The van der Waals surface area contributed by atoms with E-state index in [1.54, 1.807) is 7.11 Å². The fraction of sp³-hybridized carbons (Fsp3) is 0.320. The van der Waals surface area contributed by atoms with Crippen molar-refractivity contribution in [3.8, 4) is 0 Å². The van der Waals surface area contributed by atoms with Crippen LogP contribution in [0.1, 0.15) is 42.1 Å². The monoisotopic (exact) mass is 418 g/mol. The van der Waals surface area contributed by atoms with Crippen molar-refractivity contribution in [3.63, 3.8) is 0 Å². The van der Waals surface area contributed by atoms with Crippen LogP contribution in [0.4, 0.5) is 0 Å². The molecule has 0 radical (unpaired) electrons. The Kier molecular flexibility index (Phi) is 5.85. The van der Waals surface area contributed by atoms with Gasteiger partial charge in [0, 0.05) is 46.0 Å². The first-order valence-corrected chi connectivity index (χ1v) is 10.6. The predicted molar refractivity (Wildman–Crippen MR) is 126 cm³/mol. The van der Waals surface area contributed by atoms with Crippen molar-refractivity contribution in [1.82, 2.24) is 15.3 Å². The zero-order valence-electron chi connectivity index (χ0n) is 18.8. The van der Waals surface area contributed by atoms with Gasteiger partial charge in [-0.1, -0.05) is 32.0 Å². The largest absolute Gasteiger partial charge is 0.494 e. The van der Waals surface area contributed by atoms with Crippen LogP contribution in [0, 0.1) is 13.8 Å². The molecule has 0 atom stereocenters. The first kappa shape index (κ1) is 21.2. The van der Waals surface area contributed by atoms with E-state index in [-0.39, 0.29) is 6.61 Å². The molecule has 4 rings (SSSR count). The molecule has 3 aromatic rings. The summed E-state index contributed by atoms with van der Waals surface area (Å²) in [6.07, 6.45) is 1.98. The Balaban J connectivity index is 1.88. The quantitative estimate of drug-likeness (QED) is 0.460. The molecule has 1 aliphatic heterocycles. The highest BCUT2D eigenvalue weighted by atomic mass is 16.5. The lowest BCUT2D eigenvalue weighted by molar-refractivity contribution is 0.283. The summed E-state index contributed by atoms with van der Waals surface area (Å²) in [6, 6.07) is 10.7. The van der Waals surface area contributed by atoms with Gasteiger partial charge in [0.2, 0.25) is 0 Å². The van der Waals surface area contributed by atoms with Crippen LogP contribution in [0.2, 0.25) is 0 Å². The number of nitrogens with zero attached hydrogens (tertiary/aromatic N) is 1. The minimum atomic E-state index is -0.158. The Morgan fingerprint density at radius 1 is 1.19 bits per heavy atom. The van der Waals surface area contributed by atoms with Gasteiger partial charge in [-0.25, -0.2) is 4.99 Å². The molecule has 0 saturated heterocycles. The van der Waals surface area contributed by atoms with Crippen LogP contribution in [0.3, 0.4) is 0 Å². The molecule has 2 aromatic heterocycles. The molecule has 0 saturated carbocycles. The van der Waals surface area contributed by atoms with Gasteiger partial charge < -0.3 is 25.1 Å². The van der Waals surface area contributed by atoms with Crippen LogP contribution in [-0.2, 0) is 11.3 Å². The number of benzene rings is 1. The number of hydrogen-bond acceptors (Lipinski definition) is 4. The molecule has 6 heteroatoms. The predicted octanol–water partition coefficient (Wildman–Crippen LogP) is 4.35. The Labute approximate surface area is 182 Å². The van der Waals surface area contributed by atoms with Crippen molar-refractivity contribution in [2.45, 2.75) is 40.3 Å². The molecular weight excluding hydrogens is 388 g/mol. The number of H-pyrrole nitrogens is 2. The number of ether oxygens (including phenoxy) is 1. The third kappa shape index (κ3) is 3.96. The minimum Gasteiger partial charge on any atom is -0.494 e. The zero-order valence-corrected chi connectivity index (χ0v) is 18.8. The lowest BCUT2D eigenvalue weighted by Gasteiger charge is -2.11. The molecule has 6 nitrogen and oxygen atoms in total. The molecule has 4 N–H and O–H groups in total. The van der Waals surface area contributed by atoms with Gasteiger partial charge in [-0.2, -0.15) is 0 Å². The van der Waals surface area contributed by atoms with E-state index in [2.05, 4.69) is 54.3 Å². The normalized spacial score (nSPS) is 15.6. The lowest BCUT2D eigenvalue weighted by atomic mass is 10.0. The summed E-state index contributed by atoms with van der Waals surface area (Å²) >= 11 is 0. The van der Waals surface area contributed by atoms with E-state index in [9.17, 15) is 5.11 Å². The number of rotatable bonds is 7. The van der Waals surface area contributed by atoms with Gasteiger partial charge in [-0.05, 0) is 37.6 Å². The van der Waals surface area contributed by atoms with E-state index in [0.29, 0.717) is 29.6 Å². The number of hydrogen-bond donors (Lipinski definition) is 4. The van der Waals surface area contributed by atoms with Gasteiger partial charge in [0.05, 0.1) is 25.1 Å². The number of aryl methyl sites for hydroxylation is 2. The van der Waals surface area contributed by atoms with Gasteiger partial charge in [-0.15, -0.1) is 0 Å². The van der Waals surface area contributed by atoms with Crippen LogP contribution in [0.5, 0.6) is 0 Å². The first-order chi connectivity index (χ1) is 14.9. The van der Waals surface area contributed by atoms with E-state index in [0.717, 1.165) is 44.8 Å². The second-order valence-electron chi connectivity index (χ2n) is 8.27. The number of para-hydroxylation sites is 1. The van der Waals surface area contributed by atoms with E-state index in [4.69, 9.17) is 9.73 Å². The van der Waals surface area contributed by atoms with Crippen molar-refractivity contribution in [2.24, 2.45) is 4.99 Å². The van der Waals surface area contributed by atoms with Crippen molar-refractivity contribution < 1.29 is 9.84 Å².